The first-order chi connectivity index (χ1) is 12.8. The van der Waals surface area contributed by atoms with E-state index >= 15 is 0 Å². The summed E-state index contributed by atoms with van der Waals surface area (Å²) >= 11 is 0.748. The maximum atomic E-state index is 12.2. The lowest BCUT2D eigenvalue weighted by Gasteiger charge is -2.00. The Labute approximate surface area is 157 Å². The highest BCUT2D eigenvalue weighted by molar-refractivity contribution is 8.19. The topological polar surface area (TPSA) is 139 Å². The second kappa shape index (κ2) is 7.21. The third kappa shape index (κ3) is 4.15. The molecule has 2 aromatic rings. The molecule has 0 spiro atoms. The third-order valence-electron chi connectivity index (χ3n) is 3.40. The molecular formula is C16H11N3O6S2. The molecule has 1 amide bonds. The van der Waals surface area contributed by atoms with Crippen LogP contribution in [0.25, 0.3) is 6.08 Å². The molecule has 1 heterocycles. The van der Waals surface area contributed by atoms with Crippen LogP contribution < -0.4 is 5.32 Å². The number of hydrogen-bond donors (Lipinski definition) is 2. The number of rotatable bonds is 4. The number of nitrogens with one attached hydrogen (secondary N) is 1. The molecule has 0 radical (unpaired) electrons. The zero-order valence-corrected chi connectivity index (χ0v) is 15.0. The molecule has 0 unspecified atom stereocenters. The number of sulfonamides is 1. The highest BCUT2D eigenvalue weighted by Crippen LogP contribution is 2.31. The van der Waals surface area contributed by atoms with Crippen molar-refractivity contribution in [1.82, 2.24) is 5.32 Å². The van der Waals surface area contributed by atoms with Crippen molar-refractivity contribution in [2.45, 2.75) is 4.90 Å². The summed E-state index contributed by atoms with van der Waals surface area (Å²) in [5.74, 6) is -0.892. The molecular weight excluding hydrogens is 394 g/mol. The van der Waals surface area contributed by atoms with Gasteiger partial charge in [0.2, 0.25) is 0 Å². The van der Waals surface area contributed by atoms with Gasteiger partial charge >= 0.3 is 0 Å². The number of aromatic hydroxyl groups is 1. The summed E-state index contributed by atoms with van der Waals surface area (Å²) in [6.07, 6.45) is 1.22. The Kier molecular flexibility index (Phi) is 4.97. The van der Waals surface area contributed by atoms with Crippen molar-refractivity contribution in [2.75, 3.05) is 0 Å². The zero-order valence-electron chi connectivity index (χ0n) is 13.4. The number of hydrogen-bond acceptors (Lipinski definition) is 7. The second-order valence-corrected chi connectivity index (χ2v) is 7.88. The van der Waals surface area contributed by atoms with Gasteiger partial charge in [-0.2, -0.15) is 8.42 Å². The lowest BCUT2D eigenvalue weighted by atomic mass is 10.1. The fourth-order valence-corrected chi connectivity index (χ4v) is 4.13. The number of non-ortho nitro benzene ring substituents is 1. The van der Waals surface area contributed by atoms with E-state index in [4.69, 9.17) is 0 Å². The number of nitro benzene ring substituents is 1. The van der Waals surface area contributed by atoms with Crippen LogP contribution in [0.5, 0.6) is 5.75 Å². The second-order valence-electron chi connectivity index (χ2n) is 5.25. The van der Waals surface area contributed by atoms with Gasteiger partial charge in [0.15, 0.2) is 5.17 Å². The molecule has 0 aliphatic carbocycles. The summed E-state index contributed by atoms with van der Waals surface area (Å²) in [5, 5.41) is 22.8. The Balaban J connectivity index is 1.91. The summed E-state index contributed by atoms with van der Waals surface area (Å²) in [6, 6.07) is 10.9. The number of carbonyl (C=O) groups excluding carboxylic acids is 1. The molecule has 11 heteroatoms. The van der Waals surface area contributed by atoms with E-state index < -0.39 is 20.9 Å². The van der Waals surface area contributed by atoms with Crippen molar-refractivity contribution in [3.63, 3.8) is 0 Å². The van der Waals surface area contributed by atoms with Crippen LogP contribution in [0.3, 0.4) is 0 Å². The van der Waals surface area contributed by atoms with Crippen molar-refractivity contribution in [3.05, 3.63) is 69.1 Å². The van der Waals surface area contributed by atoms with Crippen molar-refractivity contribution in [2.24, 2.45) is 4.40 Å². The Morgan fingerprint density at radius 2 is 1.89 bits per heavy atom. The first-order valence-electron chi connectivity index (χ1n) is 7.34. The molecule has 27 heavy (non-hydrogen) atoms. The minimum Gasteiger partial charge on any atom is -0.507 e. The minimum absolute atomic E-state index is 0.0268. The molecule has 0 aromatic heterocycles. The molecule has 3 rings (SSSR count). The Bertz CT molecular complexity index is 1090. The Morgan fingerprint density at radius 3 is 2.56 bits per heavy atom. The van der Waals surface area contributed by atoms with Gasteiger partial charge in [0.1, 0.15) is 5.75 Å². The maximum absolute atomic E-state index is 12.2. The van der Waals surface area contributed by atoms with E-state index in [0.717, 1.165) is 30.0 Å². The zero-order chi connectivity index (χ0) is 19.6. The van der Waals surface area contributed by atoms with E-state index in [1.807, 2.05) is 0 Å². The van der Waals surface area contributed by atoms with Crippen LogP contribution in [0, 0.1) is 10.1 Å². The largest absolute Gasteiger partial charge is 0.507 e. The number of nitro groups is 1. The van der Waals surface area contributed by atoms with Gasteiger partial charge in [0.05, 0.1) is 14.7 Å². The van der Waals surface area contributed by atoms with E-state index in [9.17, 15) is 28.4 Å². The van der Waals surface area contributed by atoms with Gasteiger partial charge in [-0.05, 0) is 36.0 Å². The number of amidine groups is 1. The van der Waals surface area contributed by atoms with Gasteiger partial charge in [-0.3, -0.25) is 20.2 Å². The lowest BCUT2D eigenvalue weighted by molar-refractivity contribution is -0.384. The van der Waals surface area contributed by atoms with E-state index in [-0.39, 0.29) is 32.0 Å². The number of carbonyl (C=O) groups is 1. The molecule has 1 aliphatic rings. The van der Waals surface area contributed by atoms with E-state index in [1.54, 1.807) is 18.2 Å². The standard InChI is InChI=1S/C16H11N3O6S2/c20-13-7-6-11(19(22)23)8-10(13)9-14-15(21)17-16(26-14)18-27(24,25)12-4-2-1-3-5-12/h1-9,20H,(H,17,18,21). The summed E-state index contributed by atoms with van der Waals surface area (Å²) in [6.45, 7) is 0. The molecule has 0 saturated carbocycles. The van der Waals surface area contributed by atoms with Crippen LogP contribution >= 0.6 is 11.8 Å². The van der Waals surface area contributed by atoms with Crippen molar-refractivity contribution in [3.8, 4) is 5.75 Å². The molecule has 1 aliphatic heterocycles. The van der Waals surface area contributed by atoms with Gasteiger partial charge in [-0.15, -0.1) is 4.40 Å². The average Bonchev–Trinajstić information content (AvgIpc) is 2.95. The predicted molar refractivity (Wildman–Crippen MR) is 99.5 cm³/mol. The normalized spacial score (nSPS) is 17.3. The highest BCUT2D eigenvalue weighted by atomic mass is 32.2. The first-order valence-corrected chi connectivity index (χ1v) is 9.60. The number of nitrogens with zero attached hydrogens (tertiary/aromatic N) is 2. The Morgan fingerprint density at radius 1 is 1.19 bits per heavy atom. The van der Waals surface area contributed by atoms with Gasteiger partial charge in [0.25, 0.3) is 21.6 Å². The van der Waals surface area contributed by atoms with Crippen LogP contribution in [0.2, 0.25) is 0 Å². The number of benzene rings is 2. The molecule has 2 aromatic carbocycles. The molecule has 138 valence electrons. The maximum Gasteiger partial charge on any atom is 0.284 e. The van der Waals surface area contributed by atoms with Crippen molar-refractivity contribution < 1.29 is 23.2 Å². The average molecular weight is 405 g/mol. The van der Waals surface area contributed by atoms with Gasteiger partial charge in [-0.25, -0.2) is 0 Å². The molecule has 9 nitrogen and oxygen atoms in total. The van der Waals surface area contributed by atoms with Crippen LogP contribution in [-0.4, -0.2) is 29.5 Å². The molecule has 1 fully saturated rings. The molecule has 0 bridgehead atoms. The van der Waals surface area contributed by atoms with Crippen LogP contribution in [-0.2, 0) is 14.8 Å². The summed E-state index contributed by atoms with van der Waals surface area (Å²) < 4.78 is 28.1. The highest BCUT2D eigenvalue weighted by Gasteiger charge is 2.27. The first kappa shape index (κ1) is 18.6. The van der Waals surface area contributed by atoms with E-state index in [2.05, 4.69) is 9.71 Å². The Hall–Kier alpha value is -3.18. The van der Waals surface area contributed by atoms with Gasteiger partial charge in [0, 0.05) is 17.7 Å². The fraction of sp³-hybridized carbons (Fsp3) is 0. The van der Waals surface area contributed by atoms with Crippen LogP contribution in [0.15, 0.2) is 62.7 Å². The minimum atomic E-state index is -4.00. The quantitative estimate of drug-likeness (QED) is 0.452. The number of amides is 1. The molecule has 1 saturated heterocycles. The summed E-state index contributed by atoms with van der Waals surface area (Å²) in [4.78, 5) is 22.3. The monoisotopic (exact) mass is 405 g/mol. The smallest absolute Gasteiger partial charge is 0.284 e. The van der Waals surface area contributed by atoms with Crippen molar-refractivity contribution in [1.29, 1.82) is 0 Å². The number of phenolic OH excluding ortho intramolecular Hbond substituents is 1. The third-order valence-corrected chi connectivity index (χ3v) is 5.72. The lowest BCUT2D eigenvalue weighted by Crippen LogP contribution is -2.20. The van der Waals surface area contributed by atoms with E-state index in [0.29, 0.717) is 0 Å². The number of thioether (sulfide) groups is 1. The number of phenols is 1. The molecule has 0 atom stereocenters. The fourth-order valence-electron chi connectivity index (χ4n) is 2.14. The SMILES string of the molecule is O=C1NC(=NS(=O)(=O)c2ccccc2)SC1=Cc1cc([N+](=O)[O-])ccc1O. The van der Waals surface area contributed by atoms with Gasteiger partial charge < -0.3 is 5.11 Å². The van der Waals surface area contributed by atoms with Gasteiger partial charge in [-0.1, -0.05) is 18.2 Å². The van der Waals surface area contributed by atoms with E-state index in [1.165, 1.54) is 18.2 Å². The predicted octanol–water partition coefficient (Wildman–Crippen LogP) is 2.25. The van der Waals surface area contributed by atoms with Crippen molar-refractivity contribution >= 4 is 44.6 Å². The molecule has 2 N–H and O–H groups in total. The van der Waals surface area contributed by atoms with Crippen LogP contribution in [0.1, 0.15) is 5.56 Å². The summed E-state index contributed by atoms with van der Waals surface area (Å²) in [5.41, 5.74) is -0.211. The van der Waals surface area contributed by atoms with Crippen LogP contribution in [0.4, 0.5) is 5.69 Å². The summed E-state index contributed by atoms with van der Waals surface area (Å²) in [7, 11) is -4.00.